The molecular weight excluding hydrogens is 372 g/mol. The Hall–Kier alpha value is -2.06. The van der Waals surface area contributed by atoms with Gasteiger partial charge in [-0.3, -0.25) is 14.4 Å². The van der Waals surface area contributed by atoms with Gasteiger partial charge in [-0.2, -0.15) is 0 Å². The molecule has 8 heteroatoms. The third kappa shape index (κ3) is 4.19. The van der Waals surface area contributed by atoms with Crippen molar-refractivity contribution in [2.45, 2.75) is 20.4 Å². The highest BCUT2D eigenvalue weighted by Gasteiger charge is 2.24. The number of ether oxygens (including phenoxy) is 1. The fraction of sp³-hybridized carbons (Fsp3) is 0.389. The van der Waals surface area contributed by atoms with Crippen molar-refractivity contribution in [3.05, 3.63) is 45.4 Å². The van der Waals surface area contributed by atoms with E-state index in [2.05, 4.69) is 10.6 Å². The Kier molecular flexibility index (Phi) is 5.83. The van der Waals surface area contributed by atoms with Crippen molar-refractivity contribution in [3.63, 3.8) is 0 Å². The highest BCUT2D eigenvalue weighted by Crippen LogP contribution is 2.20. The molecule has 0 unspecified atom stereocenters. The summed E-state index contributed by atoms with van der Waals surface area (Å²) in [6.45, 7) is 4.71. The Balaban J connectivity index is 1.59. The van der Waals surface area contributed by atoms with Gasteiger partial charge in [-0.05, 0) is 31.4 Å². The molecule has 0 bridgehead atoms. The summed E-state index contributed by atoms with van der Waals surface area (Å²) in [6, 6.07) is 5.90. The molecule has 1 aliphatic rings. The number of hydrogen-bond donors (Lipinski definition) is 0. The molecule has 1 amide bonds. The summed E-state index contributed by atoms with van der Waals surface area (Å²) >= 11 is 2.86. The maximum Gasteiger partial charge on any atom is 0.326 e. The first-order chi connectivity index (χ1) is 12.5. The summed E-state index contributed by atoms with van der Waals surface area (Å²) in [5, 5.41) is 1.91. The fourth-order valence-electron chi connectivity index (χ4n) is 2.88. The second-order valence-corrected chi connectivity index (χ2v) is 8.15. The predicted molar refractivity (Wildman–Crippen MR) is 102 cm³/mol. The van der Waals surface area contributed by atoms with Crippen molar-refractivity contribution >= 4 is 40.1 Å². The van der Waals surface area contributed by atoms with E-state index in [0.29, 0.717) is 17.9 Å². The molecule has 26 heavy (non-hydrogen) atoms. The van der Waals surface area contributed by atoms with Gasteiger partial charge in [0.15, 0.2) is 6.61 Å². The number of rotatable bonds is 7. The largest absolute Gasteiger partial charge is 0.456 e. The number of hydrogen-bond acceptors (Lipinski definition) is 6. The Bertz CT molecular complexity index is 827. The first-order valence-corrected chi connectivity index (χ1v) is 10.1. The minimum atomic E-state index is -0.554. The number of Topliss-reactive ketones (excluding diaryl/α,β-unsaturated/α-hetero) is 1. The molecule has 6 nitrogen and oxygen atoms in total. The van der Waals surface area contributed by atoms with Gasteiger partial charge in [0.2, 0.25) is 5.78 Å². The van der Waals surface area contributed by atoms with E-state index in [1.165, 1.54) is 21.5 Å². The van der Waals surface area contributed by atoms with Crippen LogP contribution in [-0.4, -0.2) is 51.9 Å². The lowest BCUT2D eigenvalue weighted by atomic mass is 10.1. The quantitative estimate of drug-likeness (QED) is 0.535. The summed E-state index contributed by atoms with van der Waals surface area (Å²) in [4.78, 5) is 38.5. The van der Waals surface area contributed by atoms with Crippen LogP contribution in [0.15, 0.2) is 23.6 Å². The predicted octanol–water partition coefficient (Wildman–Crippen LogP) is 3.11. The number of nitrogens with zero attached hydrogens (tertiary/aromatic N) is 2. The first-order valence-electron chi connectivity index (χ1n) is 8.25. The average Bonchev–Trinajstić information content (AvgIpc) is 3.32. The maximum absolute atomic E-state index is 12.5. The van der Waals surface area contributed by atoms with Gasteiger partial charge >= 0.3 is 5.97 Å². The van der Waals surface area contributed by atoms with Gasteiger partial charge in [0.05, 0.1) is 6.54 Å². The molecule has 0 atom stereocenters. The van der Waals surface area contributed by atoms with Crippen LogP contribution in [0.2, 0.25) is 0 Å². The Labute approximate surface area is 160 Å². The number of carbonyl (C=O) groups excluding carboxylic acids is 3. The molecule has 1 saturated heterocycles. The maximum atomic E-state index is 12.5. The first kappa shape index (κ1) is 18.7. The van der Waals surface area contributed by atoms with Gasteiger partial charge in [0.25, 0.3) is 5.24 Å². The summed E-state index contributed by atoms with van der Waals surface area (Å²) in [5.41, 5.74) is 2.42. The molecule has 1 aliphatic heterocycles. The third-order valence-electron chi connectivity index (χ3n) is 4.30. The Morgan fingerprint density at radius 1 is 1.31 bits per heavy atom. The van der Waals surface area contributed by atoms with Crippen molar-refractivity contribution in [2.24, 2.45) is 0 Å². The van der Waals surface area contributed by atoms with Gasteiger partial charge in [-0.25, -0.2) is 0 Å². The number of aryl methyl sites for hydroxylation is 1. The summed E-state index contributed by atoms with van der Waals surface area (Å²) in [6.07, 6.45) is 0. The van der Waals surface area contributed by atoms with Crippen LogP contribution < -0.4 is 0 Å². The molecule has 138 valence electrons. The van der Waals surface area contributed by atoms with Crippen LogP contribution in [0.3, 0.4) is 0 Å². The Morgan fingerprint density at radius 3 is 2.77 bits per heavy atom. The number of amides is 1. The molecule has 2 aromatic rings. The van der Waals surface area contributed by atoms with Gasteiger partial charge < -0.3 is 14.2 Å². The van der Waals surface area contributed by atoms with Gasteiger partial charge in [-0.1, -0.05) is 17.8 Å². The zero-order valence-electron chi connectivity index (χ0n) is 14.7. The molecule has 3 heterocycles. The van der Waals surface area contributed by atoms with Crippen LogP contribution in [0, 0.1) is 13.8 Å². The molecular formula is C18H20N2O4S2. The fourth-order valence-corrected chi connectivity index (χ4v) is 4.40. The molecule has 0 radical (unpaired) electrons. The third-order valence-corrected chi connectivity index (χ3v) is 6.05. The lowest BCUT2D eigenvalue weighted by Crippen LogP contribution is -2.31. The number of thiophene rings is 1. The van der Waals surface area contributed by atoms with Crippen molar-refractivity contribution in [2.75, 3.05) is 25.4 Å². The minimum Gasteiger partial charge on any atom is -0.456 e. The van der Waals surface area contributed by atoms with Crippen LogP contribution >= 0.6 is 23.1 Å². The average molecular weight is 393 g/mol. The zero-order valence-corrected chi connectivity index (χ0v) is 16.3. The lowest BCUT2D eigenvalue weighted by Gasteiger charge is -2.13. The number of ketones is 1. The van der Waals surface area contributed by atoms with Crippen molar-refractivity contribution in [3.8, 4) is 0 Å². The van der Waals surface area contributed by atoms with E-state index in [0.717, 1.165) is 17.9 Å². The summed E-state index contributed by atoms with van der Waals surface area (Å²) < 4.78 is 7.16. The molecule has 2 aromatic heterocycles. The molecule has 0 aromatic carbocycles. The highest BCUT2D eigenvalue weighted by molar-refractivity contribution is 8.13. The molecule has 0 spiro atoms. The van der Waals surface area contributed by atoms with Crippen LogP contribution in [-0.2, 0) is 16.1 Å². The number of thioether (sulfide) groups is 1. The van der Waals surface area contributed by atoms with E-state index < -0.39 is 5.97 Å². The van der Waals surface area contributed by atoms with Crippen molar-refractivity contribution < 1.29 is 19.1 Å². The zero-order chi connectivity index (χ0) is 18.7. The summed E-state index contributed by atoms with van der Waals surface area (Å²) in [7, 11) is 0. The van der Waals surface area contributed by atoms with E-state index >= 15 is 0 Å². The Morgan fingerprint density at radius 2 is 2.12 bits per heavy atom. The van der Waals surface area contributed by atoms with Gasteiger partial charge in [0.1, 0.15) is 6.54 Å². The monoisotopic (exact) mass is 392 g/mol. The van der Waals surface area contributed by atoms with E-state index in [1.54, 1.807) is 11.3 Å². The minimum absolute atomic E-state index is 0.101. The molecule has 0 aliphatic carbocycles. The standard InChI is InChI=1S/C18H20N2O4S2/c1-12-8-15(13(2)20(12)9-14-4-3-6-25-14)16(21)11-24-17(22)10-19-5-7-26-18(19)23/h3-4,6,8H,5,7,9-11H2,1-2H3. The van der Waals surface area contributed by atoms with Crippen LogP contribution in [0.4, 0.5) is 4.79 Å². The van der Waals surface area contributed by atoms with E-state index in [1.807, 2.05) is 31.4 Å². The van der Waals surface area contributed by atoms with Crippen LogP contribution in [0.1, 0.15) is 26.6 Å². The van der Waals surface area contributed by atoms with Crippen LogP contribution in [0.25, 0.3) is 0 Å². The summed E-state index contributed by atoms with van der Waals surface area (Å²) in [5.74, 6) is -0.103. The van der Waals surface area contributed by atoms with E-state index in [-0.39, 0.29) is 24.2 Å². The van der Waals surface area contributed by atoms with Gasteiger partial charge in [0, 0.05) is 34.1 Å². The molecule has 3 rings (SSSR count). The number of aromatic nitrogens is 1. The topological polar surface area (TPSA) is 68.6 Å². The normalized spacial score (nSPS) is 14.1. The smallest absolute Gasteiger partial charge is 0.326 e. The van der Waals surface area contributed by atoms with Crippen molar-refractivity contribution in [1.29, 1.82) is 0 Å². The molecule has 0 N–H and O–H groups in total. The highest BCUT2D eigenvalue weighted by atomic mass is 32.2. The molecule has 1 fully saturated rings. The lowest BCUT2D eigenvalue weighted by molar-refractivity contribution is -0.142. The SMILES string of the molecule is Cc1cc(C(=O)COC(=O)CN2CCSC2=O)c(C)n1Cc1cccs1. The van der Waals surface area contributed by atoms with Crippen LogP contribution in [0.5, 0.6) is 0 Å². The number of esters is 1. The van der Waals surface area contributed by atoms with Crippen molar-refractivity contribution in [1.82, 2.24) is 9.47 Å². The van der Waals surface area contributed by atoms with E-state index in [9.17, 15) is 14.4 Å². The second kappa shape index (κ2) is 8.09. The second-order valence-electron chi connectivity index (χ2n) is 6.07. The van der Waals surface area contributed by atoms with Gasteiger partial charge in [-0.15, -0.1) is 11.3 Å². The molecule has 0 saturated carbocycles. The van der Waals surface area contributed by atoms with E-state index in [4.69, 9.17) is 4.74 Å². The number of carbonyl (C=O) groups is 3.